The zero-order valence-electron chi connectivity index (χ0n) is 17.3. The number of nitrogens with zero attached hydrogens (tertiary/aromatic N) is 4. The number of rotatable bonds is 4. The molecule has 0 aliphatic carbocycles. The molecule has 31 heavy (non-hydrogen) atoms. The molecule has 0 bridgehead atoms. The highest BCUT2D eigenvalue weighted by atomic mass is 35.5. The van der Waals surface area contributed by atoms with Gasteiger partial charge in [-0.25, -0.2) is 9.97 Å². The number of oxazole rings is 1. The molecule has 0 unspecified atom stereocenters. The lowest BCUT2D eigenvalue weighted by atomic mass is 10.0. The molecule has 1 saturated heterocycles. The Hall–Kier alpha value is -3.12. The van der Waals surface area contributed by atoms with Crippen molar-refractivity contribution in [3.63, 3.8) is 0 Å². The Morgan fingerprint density at radius 2 is 2.10 bits per heavy atom. The van der Waals surface area contributed by atoms with Crippen LogP contribution in [0.4, 0.5) is 0 Å². The van der Waals surface area contributed by atoms with Crippen LogP contribution in [-0.2, 0) is 6.42 Å². The summed E-state index contributed by atoms with van der Waals surface area (Å²) in [6, 6.07) is 13.4. The molecule has 7 heteroatoms. The Morgan fingerprint density at radius 3 is 2.94 bits per heavy atom. The maximum atomic E-state index is 13.4. The molecule has 0 saturated carbocycles. The summed E-state index contributed by atoms with van der Waals surface area (Å²) in [5.41, 5.74) is 3.33. The van der Waals surface area contributed by atoms with Crippen molar-refractivity contribution in [1.82, 2.24) is 19.3 Å². The number of aryl methyl sites for hydroxylation is 1. The summed E-state index contributed by atoms with van der Waals surface area (Å²) in [7, 11) is 0. The Bertz CT molecular complexity index is 1250. The standard InChI is InChI=1S/C24H23ClN4O2/c1-16-6-4-10-22-27-20(15-29(16)22)24(30)28-11-3-2-9-21(28)23-26-14-19(31-23)13-17-7-5-8-18(25)12-17/h4-8,10,12,14-15,21H,2-3,9,11,13H2,1H3/t21-/m0/s1. The molecule has 0 radical (unpaired) electrons. The van der Waals surface area contributed by atoms with Gasteiger partial charge in [-0.3, -0.25) is 4.79 Å². The van der Waals surface area contributed by atoms with Crippen molar-refractivity contribution < 1.29 is 9.21 Å². The fourth-order valence-electron chi connectivity index (χ4n) is 4.24. The number of imidazole rings is 1. The number of fused-ring (bicyclic) bond motifs is 1. The molecule has 1 atom stereocenters. The van der Waals surface area contributed by atoms with E-state index in [1.165, 1.54) is 0 Å². The van der Waals surface area contributed by atoms with Gasteiger partial charge in [0, 0.05) is 29.9 Å². The summed E-state index contributed by atoms with van der Waals surface area (Å²) in [5.74, 6) is 1.27. The molecule has 4 aromatic rings. The summed E-state index contributed by atoms with van der Waals surface area (Å²) in [6.45, 7) is 2.67. The van der Waals surface area contributed by atoms with Crippen molar-refractivity contribution in [1.29, 1.82) is 0 Å². The number of piperidine rings is 1. The number of carbonyl (C=O) groups is 1. The van der Waals surface area contributed by atoms with Crippen LogP contribution in [0.25, 0.3) is 5.65 Å². The minimum atomic E-state index is -0.180. The summed E-state index contributed by atoms with van der Waals surface area (Å²) < 4.78 is 8.03. The van der Waals surface area contributed by atoms with Crippen LogP contribution in [0, 0.1) is 6.92 Å². The van der Waals surface area contributed by atoms with Crippen molar-refractivity contribution in [3.05, 3.63) is 88.5 Å². The molecular weight excluding hydrogens is 412 g/mol. The first-order valence-electron chi connectivity index (χ1n) is 10.5. The van der Waals surface area contributed by atoms with E-state index in [9.17, 15) is 4.79 Å². The van der Waals surface area contributed by atoms with Gasteiger partial charge in [-0.05, 0) is 56.0 Å². The van der Waals surface area contributed by atoms with Crippen LogP contribution < -0.4 is 0 Å². The third-order valence-corrected chi connectivity index (χ3v) is 6.04. The average molecular weight is 435 g/mol. The fraction of sp³-hybridized carbons (Fsp3) is 0.292. The SMILES string of the molecule is Cc1cccc2nc(C(=O)N3CCCC[C@H]3c3ncc(Cc4cccc(Cl)c4)o3)cn12. The highest BCUT2D eigenvalue weighted by Crippen LogP contribution is 2.32. The van der Waals surface area contributed by atoms with Crippen LogP contribution in [0.2, 0.25) is 5.02 Å². The number of hydrogen-bond donors (Lipinski definition) is 0. The van der Waals surface area contributed by atoms with Crippen LogP contribution in [0.15, 0.2) is 59.3 Å². The molecule has 4 heterocycles. The number of benzene rings is 1. The second kappa shape index (κ2) is 8.19. The van der Waals surface area contributed by atoms with E-state index in [2.05, 4.69) is 9.97 Å². The monoisotopic (exact) mass is 434 g/mol. The first-order valence-corrected chi connectivity index (χ1v) is 10.9. The van der Waals surface area contributed by atoms with Crippen LogP contribution in [0.5, 0.6) is 0 Å². The van der Waals surface area contributed by atoms with E-state index in [1.807, 2.05) is 64.9 Å². The van der Waals surface area contributed by atoms with Crippen molar-refractivity contribution >= 4 is 23.2 Å². The maximum Gasteiger partial charge on any atom is 0.274 e. The van der Waals surface area contributed by atoms with Crippen LogP contribution >= 0.6 is 11.6 Å². The fourth-order valence-corrected chi connectivity index (χ4v) is 4.45. The number of hydrogen-bond acceptors (Lipinski definition) is 4. The van der Waals surface area contributed by atoms with Crippen LogP contribution in [0.1, 0.15) is 58.7 Å². The summed E-state index contributed by atoms with van der Waals surface area (Å²) >= 11 is 6.09. The minimum Gasteiger partial charge on any atom is -0.443 e. The Morgan fingerprint density at radius 1 is 1.23 bits per heavy atom. The number of pyridine rings is 1. The van der Waals surface area contributed by atoms with E-state index in [0.29, 0.717) is 29.6 Å². The predicted molar refractivity (Wildman–Crippen MR) is 118 cm³/mol. The van der Waals surface area contributed by atoms with Gasteiger partial charge in [-0.15, -0.1) is 0 Å². The van der Waals surface area contributed by atoms with Gasteiger partial charge in [-0.1, -0.05) is 29.8 Å². The zero-order chi connectivity index (χ0) is 21.4. The normalized spacial score (nSPS) is 16.7. The van der Waals surface area contributed by atoms with Crippen molar-refractivity contribution in [3.8, 4) is 0 Å². The van der Waals surface area contributed by atoms with Gasteiger partial charge in [0.05, 0.1) is 6.20 Å². The lowest BCUT2D eigenvalue weighted by Gasteiger charge is -2.33. The van der Waals surface area contributed by atoms with Crippen LogP contribution in [-0.4, -0.2) is 31.7 Å². The quantitative estimate of drug-likeness (QED) is 0.440. The van der Waals surface area contributed by atoms with E-state index in [4.69, 9.17) is 16.0 Å². The maximum absolute atomic E-state index is 13.4. The topological polar surface area (TPSA) is 63.6 Å². The predicted octanol–water partition coefficient (Wildman–Crippen LogP) is 5.24. The number of halogens is 1. The van der Waals surface area contributed by atoms with Gasteiger partial charge in [0.25, 0.3) is 5.91 Å². The van der Waals surface area contributed by atoms with Gasteiger partial charge in [0.15, 0.2) is 0 Å². The average Bonchev–Trinajstić information content (AvgIpc) is 3.41. The molecule has 3 aromatic heterocycles. The molecule has 0 N–H and O–H groups in total. The first kappa shape index (κ1) is 19.8. The largest absolute Gasteiger partial charge is 0.443 e. The molecule has 1 aliphatic rings. The molecule has 0 spiro atoms. The van der Waals surface area contributed by atoms with E-state index in [0.717, 1.165) is 41.9 Å². The molecule has 1 aromatic carbocycles. The van der Waals surface area contributed by atoms with Crippen molar-refractivity contribution in [2.24, 2.45) is 0 Å². The molecule has 158 valence electrons. The Kier molecular flexibility index (Phi) is 5.24. The number of amides is 1. The highest BCUT2D eigenvalue weighted by Gasteiger charge is 2.33. The van der Waals surface area contributed by atoms with Gasteiger partial charge in [-0.2, -0.15) is 0 Å². The second-order valence-electron chi connectivity index (χ2n) is 8.00. The lowest BCUT2D eigenvalue weighted by molar-refractivity contribution is 0.0564. The molecule has 5 rings (SSSR count). The van der Waals surface area contributed by atoms with Gasteiger partial charge >= 0.3 is 0 Å². The third kappa shape index (κ3) is 3.95. The lowest BCUT2D eigenvalue weighted by Crippen LogP contribution is -2.38. The molecule has 6 nitrogen and oxygen atoms in total. The second-order valence-corrected chi connectivity index (χ2v) is 8.44. The number of aromatic nitrogens is 3. The van der Waals surface area contributed by atoms with Gasteiger partial charge < -0.3 is 13.7 Å². The molecular formula is C24H23ClN4O2. The third-order valence-electron chi connectivity index (χ3n) is 5.80. The van der Waals surface area contributed by atoms with E-state index in [-0.39, 0.29) is 11.9 Å². The number of carbonyl (C=O) groups excluding carboxylic acids is 1. The number of likely N-dealkylation sites (tertiary alicyclic amines) is 1. The van der Waals surface area contributed by atoms with Crippen molar-refractivity contribution in [2.45, 2.75) is 38.6 Å². The van der Waals surface area contributed by atoms with Gasteiger partial charge in [0.1, 0.15) is 23.1 Å². The van der Waals surface area contributed by atoms with E-state index < -0.39 is 0 Å². The minimum absolute atomic E-state index is 0.0811. The van der Waals surface area contributed by atoms with E-state index >= 15 is 0 Å². The first-order chi connectivity index (χ1) is 15.1. The highest BCUT2D eigenvalue weighted by molar-refractivity contribution is 6.30. The molecule has 1 fully saturated rings. The van der Waals surface area contributed by atoms with E-state index in [1.54, 1.807) is 6.20 Å². The zero-order valence-corrected chi connectivity index (χ0v) is 18.0. The molecule has 1 amide bonds. The molecule has 1 aliphatic heterocycles. The van der Waals surface area contributed by atoms with Crippen molar-refractivity contribution in [2.75, 3.05) is 6.54 Å². The van der Waals surface area contributed by atoms with Gasteiger partial charge in [0.2, 0.25) is 5.89 Å². The van der Waals surface area contributed by atoms with Crippen LogP contribution in [0.3, 0.4) is 0 Å². The summed E-state index contributed by atoms with van der Waals surface area (Å²) in [6.07, 6.45) is 7.01. The summed E-state index contributed by atoms with van der Waals surface area (Å²) in [4.78, 5) is 24.3. The Labute approximate surface area is 185 Å². The Balaban J connectivity index is 1.39. The summed E-state index contributed by atoms with van der Waals surface area (Å²) in [5, 5.41) is 0.698. The smallest absolute Gasteiger partial charge is 0.274 e.